The lowest BCUT2D eigenvalue weighted by molar-refractivity contribution is 1.29. The number of para-hydroxylation sites is 1. The van der Waals surface area contributed by atoms with Crippen molar-refractivity contribution in [2.24, 2.45) is 0 Å². The Morgan fingerprint density at radius 1 is 0.471 bits per heavy atom. The Kier molecular flexibility index (Phi) is 4.18. The fourth-order valence-electron chi connectivity index (χ4n) is 5.12. The van der Waals surface area contributed by atoms with E-state index in [1.165, 1.54) is 37.9 Å². The number of hydrogen-bond acceptors (Lipinski definition) is 2. The largest absolute Gasteiger partial charge is 0.255 e. The van der Waals surface area contributed by atoms with Crippen molar-refractivity contribution in [1.82, 2.24) is 9.97 Å². The summed E-state index contributed by atoms with van der Waals surface area (Å²) in [5, 5.41) is 8.51. The highest BCUT2D eigenvalue weighted by molar-refractivity contribution is 6.14. The summed E-state index contributed by atoms with van der Waals surface area (Å²) < 4.78 is 0. The molecular weight excluding hydrogens is 412 g/mol. The number of nitrogens with zero attached hydrogens (tertiary/aromatic N) is 2. The highest BCUT2D eigenvalue weighted by Crippen LogP contribution is 2.37. The van der Waals surface area contributed by atoms with Crippen LogP contribution >= 0.6 is 0 Å². The first-order valence-electron chi connectivity index (χ1n) is 11.5. The topological polar surface area (TPSA) is 25.8 Å². The molecule has 0 aliphatic heterocycles. The monoisotopic (exact) mass is 432 g/mol. The average molecular weight is 433 g/mol. The number of aromatic nitrogens is 2. The zero-order valence-corrected chi connectivity index (χ0v) is 18.4. The minimum atomic E-state index is 0.886. The van der Waals surface area contributed by atoms with Crippen LogP contribution < -0.4 is 0 Å². The maximum Gasteiger partial charge on any atom is 0.0972 e. The van der Waals surface area contributed by atoms with Gasteiger partial charge in [0.2, 0.25) is 0 Å². The molecule has 0 unspecified atom stereocenters. The fraction of sp³-hybridized carbons (Fsp3) is 0. The molecule has 5 aromatic carbocycles. The highest BCUT2D eigenvalue weighted by atomic mass is 14.8. The van der Waals surface area contributed by atoms with Crippen LogP contribution in [0.5, 0.6) is 0 Å². The third kappa shape index (κ3) is 2.89. The lowest BCUT2D eigenvalue weighted by atomic mass is 9.93. The lowest BCUT2D eigenvalue weighted by Gasteiger charge is -2.13. The van der Waals surface area contributed by atoms with Gasteiger partial charge in [0.05, 0.1) is 16.9 Å². The molecule has 0 atom stereocenters. The summed E-state index contributed by atoms with van der Waals surface area (Å²) in [5.41, 5.74) is 5.14. The molecule has 0 aliphatic carbocycles. The number of hydrogen-bond donors (Lipinski definition) is 0. The third-order valence-corrected chi connectivity index (χ3v) is 6.69. The normalized spacial score (nSPS) is 11.5. The predicted molar refractivity (Wildman–Crippen MR) is 143 cm³/mol. The van der Waals surface area contributed by atoms with E-state index in [1.54, 1.807) is 0 Å². The maximum absolute atomic E-state index is 5.06. The van der Waals surface area contributed by atoms with Gasteiger partial charge in [-0.1, -0.05) is 91.0 Å². The van der Waals surface area contributed by atoms with Crippen LogP contribution in [0.2, 0.25) is 0 Å². The van der Waals surface area contributed by atoms with Crippen LogP contribution in [0.25, 0.3) is 65.7 Å². The number of rotatable bonds is 2. The van der Waals surface area contributed by atoms with Gasteiger partial charge in [0.1, 0.15) is 0 Å². The van der Waals surface area contributed by atoms with Crippen LogP contribution in [-0.4, -0.2) is 9.97 Å². The molecule has 0 fully saturated rings. The van der Waals surface area contributed by atoms with Gasteiger partial charge in [0.15, 0.2) is 0 Å². The van der Waals surface area contributed by atoms with Crippen LogP contribution in [-0.2, 0) is 0 Å². The first-order valence-corrected chi connectivity index (χ1v) is 11.5. The molecular formula is C32H20N2. The first-order chi connectivity index (χ1) is 16.9. The summed E-state index contributed by atoms with van der Waals surface area (Å²) in [4.78, 5) is 9.83. The smallest absolute Gasteiger partial charge is 0.0972 e. The van der Waals surface area contributed by atoms with Crippen molar-refractivity contribution < 1.29 is 0 Å². The van der Waals surface area contributed by atoms with Crippen LogP contribution in [0.3, 0.4) is 0 Å². The van der Waals surface area contributed by atoms with E-state index in [1.807, 2.05) is 12.3 Å². The summed E-state index contributed by atoms with van der Waals surface area (Å²) in [7, 11) is 0. The molecule has 0 saturated heterocycles. The van der Waals surface area contributed by atoms with Crippen molar-refractivity contribution >= 4 is 43.2 Å². The van der Waals surface area contributed by atoms with Gasteiger partial charge in [0, 0.05) is 17.0 Å². The van der Waals surface area contributed by atoms with Crippen molar-refractivity contribution in [2.75, 3.05) is 0 Å². The molecule has 0 amide bonds. The van der Waals surface area contributed by atoms with E-state index in [4.69, 9.17) is 9.97 Å². The Bertz CT molecular complexity index is 1730. The second kappa shape index (κ2) is 7.50. The number of fused-ring (bicyclic) bond motifs is 6. The fourth-order valence-corrected chi connectivity index (χ4v) is 5.12. The van der Waals surface area contributed by atoms with Gasteiger partial charge in [-0.05, 0) is 62.3 Å². The van der Waals surface area contributed by atoms with Crippen LogP contribution in [0.4, 0.5) is 0 Å². The SMILES string of the molecule is c1ccc2c(c1)cc(-c1ccnc(-c3nc4ccccc4c4ccccc34)c1)c1ccccc12. The van der Waals surface area contributed by atoms with E-state index < -0.39 is 0 Å². The molecule has 158 valence electrons. The second-order valence-corrected chi connectivity index (χ2v) is 8.64. The van der Waals surface area contributed by atoms with Gasteiger partial charge in [-0.25, -0.2) is 4.98 Å². The second-order valence-electron chi connectivity index (χ2n) is 8.64. The molecule has 0 N–H and O–H groups in total. The van der Waals surface area contributed by atoms with Gasteiger partial charge in [-0.2, -0.15) is 0 Å². The van der Waals surface area contributed by atoms with Crippen LogP contribution in [0.15, 0.2) is 121 Å². The van der Waals surface area contributed by atoms with Crippen molar-refractivity contribution in [3.05, 3.63) is 121 Å². The summed E-state index contributed by atoms with van der Waals surface area (Å²) in [6, 6.07) is 40.6. The van der Waals surface area contributed by atoms with Gasteiger partial charge in [-0.15, -0.1) is 0 Å². The van der Waals surface area contributed by atoms with Crippen LogP contribution in [0.1, 0.15) is 0 Å². The summed E-state index contributed by atoms with van der Waals surface area (Å²) in [5.74, 6) is 0. The molecule has 0 bridgehead atoms. The molecule has 2 aromatic heterocycles. The Morgan fingerprint density at radius 3 is 1.91 bits per heavy atom. The Labute approximate surface area is 197 Å². The van der Waals surface area contributed by atoms with Gasteiger partial charge >= 0.3 is 0 Å². The average Bonchev–Trinajstić information content (AvgIpc) is 2.92. The molecule has 34 heavy (non-hydrogen) atoms. The predicted octanol–water partition coefficient (Wildman–Crippen LogP) is 8.42. The zero-order chi connectivity index (χ0) is 22.5. The van der Waals surface area contributed by atoms with Crippen molar-refractivity contribution in [2.45, 2.75) is 0 Å². The zero-order valence-electron chi connectivity index (χ0n) is 18.4. The molecule has 2 heterocycles. The molecule has 2 nitrogen and oxygen atoms in total. The van der Waals surface area contributed by atoms with E-state index in [9.17, 15) is 0 Å². The molecule has 7 rings (SSSR count). The highest BCUT2D eigenvalue weighted by Gasteiger charge is 2.13. The van der Waals surface area contributed by atoms with Crippen molar-refractivity contribution in [1.29, 1.82) is 0 Å². The van der Waals surface area contributed by atoms with Gasteiger partial charge in [0.25, 0.3) is 0 Å². The molecule has 0 radical (unpaired) electrons. The first kappa shape index (κ1) is 19.0. The summed E-state index contributed by atoms with van der Waals surface area (Å²) >= 11 is 0. The lowest BCUT2D eigenvalue weighted by Crippen LogP contribution is -1.93. The number of benzene rings is 5. The molecule has 2 heteroatoms. The quantitative estimate of drug-likeness (QED) is 0.256. The van der Waals surface area contributed by atoms with E-state index in [0.717, 1.165) is 27.9 Å². The van der Waals surface area contributed by atoms with E-state index in [0.29, 0.717) is 0 Å². The summed E-state index contributed by atoms with van der Waals surface area (Å²) in [6.07, 6.45) is 1.90. The summed E-state index contributed by atoms with van der Waals surface area (Å²) in [6.45, 7) is 0. The minimum absolute atomic E-state index is 0.886. The van der Waals surface area contributed by atoms with Crippen molar-refractivity contribution in [3.63, 3.8) is 0 Å². The van der Waals surface area contributed by atoms with Gasteiger partial charge in [-0.3, -0.25) is 4.98 Å². The number of pyridine rings is 2. The maximum atomic E-state index is 5.06. The minimum Gasteiger partial charge on any atom is -0.255 e. The van der Waals surface area contributed by atoms with E-state index in [-0.39, 0.29) is 0 Å². The Hall–Kier alpha value is -4.56. The third-order valence-electron chi connectivity index (χ3n) is 6.69. The van der Waals surface area contributed by atoms with Gasteiger partial charge < -0.3 is 0 Å². The molecule has 7 aromatic rings. The van der Waals surface area contributed by atoms with E-state index in [2.05, 4.69) is 109 Å². The van der Waals surface area contributed by atoms with Crippen molar-refractivity contribution in [3.8, 4) is 22.5 Å². The molecule has 0 saturated carbocycles. The molecule has 0 spiro atoms. The standard InChI is InChI=1S/C32H20N2/c1-2-10-23-21(9-1)19-29(25-12-4-3-11-24(23)25)22-17-18-33-31(20-22)32-28-15-6-5-13-26(28)27-14-7-8-16-30(27)34-32/h1-20H. The Morgan fingerprint density at radius 2 is 1.09 bits per heavy atom. The molecule has 0 aliphatic rings. The van der Waals surface area contributed by atoms with E-state index >= 15 is 0 Å². The Balaban J connectivity index is 1.51. The van der Waals surface area contributed by atoms with Crippen LogP contribution in [0, 0.1) is 0 Å².